The Labute approximate surface area is 199 Å². The number of aliphatic hydroxyl groups is 1. The number of ether oxygens (including phenoxy) is 2. The van der Waals surface area contributed by atoms with Crippen molar-refractivity contribution in [2.45, 2.75) is 51.5 Å². The SMILES string of the molecule is CC(C)(C)OC(=O)[C@H](O)[C@H]1OCCN(c2cccc(C(=O)N3CCc4ccccc4C3)c2)C1=O. The van der Waals surface area contributed by atoms with Crippen molar-refractivity contribution < 1.29 is 29.0 Å². The fourth-order valence-corrected chi connectivity index (χ4v) is 4.23. The Kier molecular flexibility index (Phi) is 6.72. The lowest BCUT2D eigenvalue weighted by molar-refractivity contribution is -0.177. The molecule has 0 spiro atoms. The Morgan fingerprint density at radius 3 is 2.56 bits per heavy atom. The summed E-state index contributed by atoms with van der Waals surface area (Å²) in [6.07, 6.45) is -2.32. The topological polar surface area (TPSA) is 96.4 Å². The zero-order valence-electron chi connectivity index (χ0n) is 19.7. The van der Waals surface area contributed by atoms with Crippen LogP contribution in [0, 0.1) is 0 Å². The predicted octanol–water partition coefficient (Wildman–Crippen LogP) is 2.32. The first-order valence-corrected chi connectivity index (χ1v) is 11.4. The van der Waals surface area contributed by atoms with E-state index in [0.29, 0.717) is 24.3 Å². The summed E-state index contributed by atoms with van der Waals surface area (Å²) in [5, 5.41) is 10.4. The van der Waals surface area contributed by atoms with Gasteiger partial charge in [0.15, 0.2) is 12.2 Å². The van der Waals surface area contributed by atoms with Gasteiger partial charge in [0, 0.05) is 30.9 Å². The van der Waals surface area contributed by atoms with Gasteiger partial charge >= 0.3 is 5.97 Å². The molecule has 1 saturated heterocycles. The Morgan fingerprint density at radius 2 is 1.82 bits per heavy atom. The average molecular weight is 467 g/mol. The molecular weight excluding hydrogens is 436 g/mol. The largest absolute Gasteiger partial charge is 0.458 e. The van der Waals surface area contributed by atoms with Gasteiger partial charge in [-0.3, -0.25) is 9.59 Å². The second kappa shape index (κ2) is 9.56. The Bertz CT molecular complexity index is 1090. The summed E-state index contributed by atoms with van der Waals surface area (Å²) in [4.78, 5) is 41.8. The highest BCUT2D eigenvalue weighted by molar-refractivity contribution is 6.02. The van der Waals surface area contributed by atoms with Gasteiger partial charge in [0.05, 0.1) is 6.61 Å². The van der Waals surface area contributed by atoms with E-state index in [1.165, 1.54) is 10.5 Å². The van der Waals surface area contributed by atoms with Gasteiger partial charge in [-0.05, 0) is 56.5 Å². The fourth-order valence-electron chi connectivity index (χ4n) is 4.23. The molecular formula is C26H30N2O6. The van der Waals surface area contributed by atoms with E-state index in [1.807, 2.05) is 18.2 Å². The van der Waals surface area contributed by atoms with Crippen LogP contribution in [0.15, 0.2) is 48.5 Å². The summed E-state index contributed by atoms with van der Waals surface area (Å²) in [6, 6.07) is 14.9. The third kappa shape index (κ3) is 5.13. The van der Waals surface area contributed by atoms with Gasteiger partial charge in [-0.15, -0.1) is 0 Å². The number of amides is 2. The number of morpholine rings is 1. The van der Waals surface area contributed by atoms with Crippen LogP contribution in [-0.2, 0) is 32.0 Å². The first-order valence-electron chi connectivity index (χ1n) is 11.4. The monoisotopic (exact) mass is 466 g/mol. The molecule has 0 aromatic heterocycles. The minimum absolute atomic E-state index is 0.109. The molecule has 2 aliphatic rings. The molecule has 1 N–H and O–H groups in total. The maximum Gasteiger partial charge on any atom is 0.338 e. The maximum atomic E-state index is 13.2. The smallest absolute Gasteiger partial charge is 0.338 e. The number of rotatable bonds is 4. The molecule has 0 saturated carbocycles. The molecule has 8 heteroatoms. The molecule has 0 aliphatic carbocycles. The number of anilines is 1. The van der Waals surface area contributed by atoms with Crippen LogP contribution < -0.4 is 4.90 Å². The number of hydrogen-bond acceptors (Lipinski definition) is 6. The Morgan fingerprint density at radius 1 is 1.09 bits per heavy atom. The molecule has 2 atom stereocenters. The Hall–Kier alpha value is -3.23. The highest BCUT2D eigenvalue weighted by Crippen LogP contribution is 2.25. The third-order valence-electron chi connectivity index (χ3n) is 5.88. The van der Waals surface area contributed by atoms with E-state index < -0.39 is 29.7 Å². The lowest BCUT2D eigenvalue weighted by Crippen LogP contribution is -2.55. The van der Waals surface area contributed by atoms with Crippen molar-refractivity contribution in [1.29, 1.82) is 0 Å². The summed E-state index contributed by atoms with van der Waals surface area (Å²) >= 11 is 0. The number of carbonyl (C=O) groups excluding carboxylic acids is 3. The molecule has 0 unspecified atom stereocenters. The second-order valence-corrected chi connectivity index (χ2v) is 9.56. The van der Waals surface area contributed by atoms with Gasteiger partial charge in [0.25, 0.3) is 11.8 Å². The van der Waals surface area contributed by atoms with Crippen LogP contribution in [-0.4, -0.2) is 65.3 Å². The highest BCUT2D eigenvalue weighted by atomic mass is 16.6. The molecule has 34 heavy (non-hydrogen) atoms. The summed E-state index contributed by atoms with van der Waals surface area (Å²) in [5.74, 6) is -1.58. The molecule has 0 radical (unpaired) electrons. The molecule has 4 rings (SSSR count). The molecule has 8 nitrogen and oxygen atoms in total. The zero-order valence-corrected chi connectivity index (χ0v) is 19.7. The quantitative estimate of drug-likeness (QED) is 0.695. The van der Waals surface area contributed by atoms with Crippen molar-refractivity contribution in [2.24, 2.45) is 0 Å². The molecule has 2 aromatic carbocycles. The minimum atomic E-state index is -1.74. The van der Waals surface area contributed by atoms with Crippen molar-refractivity contribution in [1.82, 2.24) is 4.90 Å². The summed E-state index contributed by atoms with van der Waals surface area (Å²) in [5.41, 5.74) is 2.58. The van der Waals surface area contributed by atoms with Gasteiger partial charge in [0.2, 0.25) is 0 Å². The van der Waals surface area contributed by atoms with Crippen molar-refractivity contribution in [3.8, 4) is 0 Å². The van der Waals surface area contributed by atoms with Gasteiger partial charge in [-0.2, -0.15) is 0 Å². The normalized spacial score (nSPS) is 19.4. The number of nitrogens with zero attached hydrogens (tertiary/aromatic N) is 2. The van der Waals surface area contributed by atoms with Crippen LogP contribution in [0.25, 0.3) is 0 Å². The van der Waals surface area contributed by atoms with Gasteiger partial charge < -0.3 is 24.4 Å². The van der Waals surface area contributed by atoms with E-state index in [9.17, 15) is 19.5 Å². The van der Waals surface area contributed by atoms with E-state index in [-0.39, 0.29) is 19.1 Å². The molecule has 1 fully saturated rings. The first kappa shape index (κ1) is 23.9. The van der Waals surface area contributed by atoms with Crippen molar-refractivity contribution >= 4 is 23.5 Å². The molecule has 2 aromatic rings. The predicted molar refractivity (Wildman–Crippen MR) is 125 cm³/mol. The molecule has 180 valence electrons. The first-order chi connectivity index (χ1) is 16.1. The second-order valence-electron chi connectivity index (χ2n) is 9.56. The summed E-state index contributed by atoms with van der Waals surface area (Å²) in [7, 11) is 0. The molecule has 2 heterocycles. The molecule has 2 amide bonds. The highest BCUT2D eigenvalue weighted by Gasteiger charge is 2.41. The van der Waals surface area contributed by atoms with Crippen LogP contribution in [0.1, 0.15) is 42.3 Å². The lowest BCUT2D eigenvalue weighted by atomic mass is 9.99. The maximum absolute atomic E-state index is 13.2. The lowest BCUT2D eigenvalue weighted by Gasteiger charge is -2.35. The standard InChI is InChI=1S/C26H30N2O6/c1-26(2,3)34-25(32)21(29)22-24(31)28(13-14-33-22)20-10-6-9-18(15-20)23(30)27-12-11-17-7-4-5-8-19(17)16-27/h4-10,15,21-22,29H,11-14,16H2,1-3H3/t21-,22-/m1/s1. The van der Waals surface area contributed by atoms with E-state index in [1.54, 1.807) is 49.9 Å². The van der Waals surface area contributed by atoms with Gasteiger partial charge in [-0.25, -0.2) is 4.79 Å². The van der Waals surface area contributed by atoms with E-state index in [4.69, 9.17) is 9.47 Å². The number of fused-ring (bicyclic) bond motifs is 1. The minimum Gasteiger partial charge on any atom is -0.458 e. The number of hydrogen-bond donors (Lipinski definition) is 1. The summed E-state index contributed by atoms with van der Waals surface area (Å²) in [6.45, 7) is 6.58. The number of esters is 1. The average Bonchev–Trinajstić information content (AvgIpc) is 2.82. The van der Waals surface area contributed by atoms with Crippen LogP contribution in [0.3, 0.4) is 0 Å². The molecule has 0 bridgehead atoms. The van der Waals surface area contributed by atoms with Crippen LogP contribution in [0.4, 0.5) is 5.69 Å². The van der Waals surface area contributed by atoms with E-state index in [0.717, 1.165) is 12.0 Å². The third-order valence-corrected chi connectivity index (χ3v) is 5.88. The number of aliphatic hydroxyl groups excluding tert-OH is 1. The summed E-state index contributed by atoms with van der Waals surface area (Å²) < 4.78 is 10.6. The molecule has 2 aliphatic heterocycles. The zero-order chi connectivity index (χ0) is 24.5. The Balaban J connectivity index is 1.49. The van der Waals surface area contributed by atoms with Crippen molar-refractivity contribution in [2.75, 3.05) is 24.6 Å². The van der Waals surface area contributed by atoms with Crippen LogP contribution >= 0.6 is 0 Å². The fraction of sp³-hybridized carbons (Fsp3) is 0.423. The number of benzene rings is 2. The van der Waals surface area contributed by atoms with Crippen LogP contribution in [0.2, 0.25) is 0 Å². The van der Waals surface area contributed by atoms with E-state index >= 15 is 0 Å². The van der Waals surface area contributed by atoms with Crippen LogP contribution in [0.5, 0.6) is 0 Å². The van der Waals surface area contributed by atoms with Gasteiger partial charge in [0.1, 0.15) is 5.60 Å². The van der Waals surface area contributed by atoms with E-state index in [2.05, 4.69) is 6.07 Å². The number of carbonyl (C=O) groups is 3. The van der Waals surface area contributed by atoms with Gasteiger partial charge in [-0.1, -0.05) is 30.3 Å². The van der Waals surface area contributed by atoms with Crippen molar-refractivity contribution in [3.05, 3.63) is 65.2 Å². The van der Waals surface area contributed by atoms with Crippen molar-refractivity contribution in [3.63, 3.8) is 0 Å².